The van der Waals surface area contributed by atoms with Gasteiger partial charge in [-0.15, -0.1) is 10.2 Å². The number of carbonyl (C=O) groups excluding carboxylic acids is 1. The van der Waals surface area contributed by atoms with Crippen molar-refractivity contribution in [3.8, 4) is 11.5 Å². The maximum Gasteiger partial charge on any atom is 0.230 e. The van der Waals surface area contributed by atoms with E-state index in [4.69, 9.17) is 9.47 Å². The van der Waals surface area contributed by atoms with Gasteiger partial charge in [-0.1, -0.05) is 29.2 Å². The van der Waals surface area contributed by atoms with E-state index >= 15 is 0 Å². The summed E-state index contributed by atoms with van der Waals surface area (Å²) >= 11 is 2.83. The molecular weight excluding hydrogens is 360 g/mol. The van der Waals surface area contributed by atoms with Gasteiger partial charge in [-0.25, -0.2) is 0 Å². The van der Waals surface area contributed by atoms with Crippen molar-refractivity contribution < 1.29 is 14.3 Å². The number of nitrogens with zero attached hydrogens (tertiary/aromatic N) is 2. The molecule has 1 aromatic carbocycles. The molecule has 1 aliphatic heterocycles. The van der Waals surface area contributed by atoms with E-state index < -0.39 is 0 Å². The fourth-order valence-electron chi connectivity index (χ4n) is 2.31. The van der Waals surface area contributed by atoms with Crippen molar-refractivity contribution in [2.45, 2.75) is 24.2 Å². The average Bonchev–Trinajstić information content (AvgIpc) is 3.07. The zero-order chi connectivity index (χ0) is 17.6. The Labute approximate surface area is 154 Å². The van der Waals surface area contributed by atoms with Gasteiger partial charge in [-0.05, 0) is 31.5 Å². The molecule has 2 heterocycles. The van der Waals surface area contributed by atoms with Crippen LogP contribution in [-0.2, 0) is 4.79 Å². The summed E-state index contributed by atoms with van der Waals surface area (Å²) in [6, 6.07) is 5.62. The molecule has 0 radical (unpaired) electrons. The number of amides is 1. The highest BCUT2D eigenvalue weighted by Gasteiger charge is 2.16. The number of nitrogens with one attached hydrogen (secondary N) is 2. The highest BCUT2D eigenvalue weighted by atomic mass is 32.2. The summed E-state index contributed by atoms with van der Waals surface area (Å²) in [6.45, 7) is 5.86. The number of carbonyl (C=O) groups is 1. The molecule has 0 bridgehead atoms. The van der Waals surface area contributed by atoms with Gasteiger partial charge in [0.2, 0.25) is 11.0 Å². The summed E-state index contributed by atoms with van der Waals surface area (Å²) in [5, 5.41) is 14.9. The molecule has 2 N–H and O–H groups in total. The summed E-state index contributed by atoms with van der Waals surface area (Å²) < 4.78 is 11.9. The lowest BCUT2D eigenvalue weighted by Crippen LogP contribution is -2.28. The first-order chi connectivity index (χ1) is 12.2. The average molecular weight is 380 g/mol. The van der Waals surface area contributed by atoms with Crippen molar-refractivity contribution in [3.05, 3.63) is 23.8 Å². The van der Waals surface area contributed by atoms with Crippen molar-refractivity contribution in [1.29, 1.82) is 0 Å². The van der Waals surface area contributed by atoms with Crippen LogP contribution in [0.5, 0.6) is 11.5 Å². The second kappa shape index (κ2) is 8.39. The lowest BCUT2D eigenvalue weighted by Gasteiger charge is -2.21. The highest BCUT2D eigenvalue weighted by Crippen LogP contribution is 2.32. The largest absolute Gasteiger partial charge is 0.486 e. The number of rotatable bonds is 7. The summed E-state index contributed by atoms with van der Waals surface area (Å²) in [5.41, 5.74) is 0.980. The summed E-state index contributed by atoms with van der Waals surface area (Å²) in [4.78, 5) is 12.2. The quantitative estimate of drug-likeness (QED) is 0.714. The van der Waals surface area contributed by atoms with Crippen LogP contribution >= 0.6 is 23.1 Å². The van der Waals surface area contributed by atoms with Crippen LogP contribution in [0, 0.1) is 0 Å². The van der Waals surface area contributed by atoms with Crippen LogP contribution in [0.4, 0.5) is 5.13 Å². The smallest absolute Gasteiger partial charge is 0.230 e. The van der Waals surface area contributed by atoms with Gasteiger partial charge in [0.15, 0.2) is 15.8 Å². The maximum atomic E-state index is 12.2. The SMILES string of the molecule is CCNc1nnc(SCC(=O)N[C@@H](C)c2ccc3c(c2)OCCO3)s1. The Bertz CT molecular complexity index is 738. The van der Waals surface area contributed by atoms with E-state index in [0.29, 0.717) is 19.0 Å². The number of hydrogen-bond donors (Lipinski definition) is 2. The van der Waals surface area contributed by atoms with Crippen LogP contribution in [0.2, 0.25) is 0 Å². The first-order valence-electron chi connectivity index (χ1n) is 8.04. The predicted molar refractivity (Wildman–Crippen MR) is 98.8 cm³/mol. The third kappa shape index (κ3) is 4.76. The van der Waals surface area contributed by atoms with E-state index in [2.05, 4.69) is 20.8 Å². The Balaban J connectivity index is 1.51. The minimum atomic E-state index is -0.115. The summed E-state index contributed by atoms with van der Waals surface area (Å²) in [5.74, 6) is 1.73. The molecule has 134 valence electrons. The molecule has 0 saturated carbocycles. The Morgan fingerprint density at radius 1 is 1.32 bits per heavy atom. The van der Waals surface area contributed by atoms with Crippen molar-refractivity contribution in [3.63, 3.8) is 0 Å². The number of benzene rings is 1. The van der Waals surface area contributed by atoms with Gasteiger partial charge in [0.1, 0.15) is 13.2 Å². The third-order valence-electron chi connectivity index (χ3n) is 3.50. The number of hydrogen-bond acceptors (Lipinski definition) is 8. The molecule has 25 heavy (non-hydrogen) atoms. The lowest BCUT2D eigenvalue weighted by molar-refractivity contribution is -0.119. The fraction of sp³-hybridized carbons (Fsp3) is 0.438. The maximum absolute atomic E-state index is 12.2. The van der Waals surface area contributed by atoms with Gasteiger partial charge in [0.25, 0.3) is 0 Å². The second-order valence-electron chi connectivity index (χ2n) is 5.38. The first kappa shape index (κ1) is 17.8. The van der Waals surface area contributed by atoms with Crippen LogP contribution in [0.15, 0.2) is 22.5 Å². The minimum Gasteiger partial charge on any atom is -0.486 e. The van der Waals surface area contributed by atoms with E-state index in [0.717, 1.165) is 33.1 Å². The van der Waals surface area contributed by atoms with E-state index in [9.17, 15) is 4.79 Å². The van der Waals surface area contributed by atoms with Crippen LogP contribution in [0.25, 0.3) is 0 Å². The summed E-state index contributed by atoms with van der Waals surface area (Å²) in [6.07, 6.45) is 0. The zero-order valence-electron chi connectivity index (χ0n) is 14.1. The Morgan fingerprint density at radius 3 is 2.92 bits per heavy atom. The standard InChI is InChI=1S/C16H20N4O3S2/c1-3-17-15-19-20-16(25-15)24-9-14(21)18-10(2)11-4-5-12-13(8-11)23-7-6-22-12/h4-5,8,10H,3,6-7,9H2,1-2H3,(H,17,19)(H,18,21)/t10-/m0/s1. The molecule has 9 heteroatoms. The lowest BCUT2D eigenvalue weighted by atomic mass is 10.1. The topological polar surface area (TPSA) is 85.4 Å². The predicted octanol–water partition coefficient (Wildman–Crippen LogP) is 2.71. The molecule has 0 fully saturated rings. The normalized spacial score (nSPS) is 14.0. The van der Waals surface area contributed by atoms with Crippen LogP contribution < -0.4 is 20.1 Å². The van der Waals surface area contributed by atoms with Crippen molar-refractivity contribution in [2.24, 2.45) is 0 Å². The Hall–Kier alpha value is -2.00. The van der Waals surface area contributed by atoms with E-state index in [1.165, 1.54) is 23.1 Å². The zero-order valence-corrected chi connectivity index (χ0v) is 15.7. The first-order valence-corrected chi connectivity index (χ1v) is 9.85. The van der Waals surface area contributed by atoms with Gasteiger partial charge in [0.05, 0.1) is 11.8 Å². The van der Waals surface area contributed by atoms with Crippen LogP contribution in [0.1, 0.15) is 25.5 Å². The van der Waals surface area contributed by atoms with Gasteiger partial charge in [0, 0.05) is 6.54 Å². The van der Waals surface area contributed by atoms with E-state index in [1.54, 1.807) is 0 Å². The molecule has 2 aromatic rings. The van der Waals surface area contributed by atoms with E-state index in [1.807, 2.05) is 32.0 Å². The molecule has 1 amide bonds. The number of fused-ring (bicyclic) bond motifs is 1. The Kier molecular flexibility index (Phi) is 5.98. The number of thioether (sulfide) groups is 1. The van der Waals surface area contributed by atoms with Crippen molar-refractivity contribution >= 4 is 34.1 Å². The van der Waals surface area contributed by atoms with Gasteiger partial charge in [-0.2, -0.15) is 0 Å². The van der Waals surface area contributed by atoms with Gasteiger partial charge >= 0.3 is 0 Å². The second-order valence-corrected chi connectivity index (χ2v) is 7.58. The molecule has 1 aromatic heterocycles. The molecule has 0 unspecified atom stereocenters. The van der Waals surface area contributed by atoms with E-state index in [-0.39, 0.29) is 11.9 Å². The summed E-state index contributed by atoms with van der Waals surface area (Å²) in [7, 11) is 0. The molecule has 1 atom stereocenters. The molecule has 0 saturated heterocycles. The third-order valence-corrected chi connectivity index (χ3v) is 5.52. The number of ether oxygens (including phenoxy) is 2. The van der Waals surface area contributed by atoms with Crippen molar-refractivity contribution in [2.75, 3.05) is 30.8 Å². The fourth-order valence-corrected chi connectivity index (χ4v) is 3.94. The molecule has 1 aliphatic rings. The van der Waals surface area contributed by atoms with Gasteiger partial charge < -0.3 is 20.1 Å². The highest BCUT2D eigenvalue weighted by molar-refractivity contribution is 8.01. The number of aromatic nitrogens is 2. The monoisotopic (exact) mass is 380 g/mol. The van der Waals surface area contributed by atoms with Crippen LogP contribution in [-0.4, -0.2) is 41.6 Å². The minimum absolute atomic E-state index is 0.0485. The molecule has 0 spiro atoms. The Morgan fingerprint density at radius 2 is 2.12 bits per heavy atom. The van der Waals surface area contributed by atoms with Gasteiger partial charge in [-0.3, -0.25) is 4.79 Å². The van der Waals surface area contributed by atoms with Crippen molar-refractivity contribution in [1.82, 2.24) is 15.5 Å². The molecule has 0 aliphatic carbocycles. The molecule has 7 nitrogen and oxygen atoms in total. The molecular formula is C16H20N4O3S2. The number of anilines is 1. The van der Waals surface area contributed by atoms with Crippen LogP contribution in [0.3, 0.4) is 0 Å². The molecule has 3 rings (SSSR count).